The Morgan fingerprint density at radius 1 is 0.800 bits per heavy atom. The zero-order chi connectivity index (χ0) is 20.8. The summed E-state index contributed by atoms with van der Waals surface area (Å²) < 4.78 is 21.8. The summed E-state index contributed by atoms with van der Waals surface area (Å²) in [6.07, 6.45) is 0. The number of esters is 1. The van der Waals surface area contributed by atoms with Crippen molar-refractivity contribution in [1.29, 1.82) is 0 Å². The number of fused-ring (bicyclic) bond motifs is 1. The second kappa shape index (κ2) is 9.13. The van der Waals surface area contributed by atoms with E-state index in [1.807, 2.05) is 30.3 Å². The van der Waals surface area contributed by atoms with Crippen molar-refractivity contribution in [3.8, 4) is 17.2 Å². The van der Waals surface area contributed by atoms with Crippen LogP contribution < -0.4 is 14.2 Å². The zero-order valence-electron chi connectivity index (χ0n) is 16.2. The fourth-order valence-corrected chi connectivity index (χ4v) is 2.94. The van der Waals surface area contributed by atoms with Crippen LogP contribution in [0.3, 0.4) is 0 Å². The monoisotopic (exact) mass is 404 g/mol. The molecule has 1 aliphatic rings. The molecule has 6 heteroatoms. The molecule has 0 unspecified atom stereocenters. The molecule has 0 N–H and O–H groups in total. The normalized spacial score (nSPS) is 12.1. The second-order valence-electron chi connectivity index (χ2n) is 6.66. The molecule has 152 valence electrons. The number of rotatable bonds is 7. The first-order chi connectivity index (χ1) is 14.7. The van der Waals surface area contributed by atoms with E-state index in [4.69, 9.17) is 18.9 Å². The lowest BCUT2D eigenvalue weighted by Gasteiger charge is -2.18. The average molecular weight is 404 g/mol. The molecule has 0 amide bonds. The van der Waals surface area contributed by atoms with Gasteiger partial charge in [-0.3, -0.25) is 4.79 Å². The van der Waals surface area contributed by atoms with Crippen molar-refractivity contribution >= 4 is 11.8 Å². The maximum atomic E-state index is 12.4. The van der Waals surface area contributed by atoms with Crippen LogP contribution in [0, 0.1) is 0 Å². The fraction of sp³-hybridized carbons (Fsp3) is 0.167. The second-order valence-corrected chi connectivity index (χ2v) is 6.66. The topological polar surface area (TPSA) is 71.1 Å². The van der Waals surface area contributed by atoms with E-state index in [0.717, 1.165) is 11.3 Å². The van der Waals surface area contributed by atoms with Crippen molar-refractivity contribution in [2.75, 3.05) is 19.8 Å². The molecule has 0 radical (unpaired) electrons. The van der Waals surface area contributed by atoms with Gasteiger partial charge in [0.15, 0.2) is 23.9 Å². The summed E-state index contributed by atoms with van der Waals surface area (Å²) in [6.45, 7) is 0.959. The van der Waals surface area contributed by atoms with E-state index in [-0.39, 0.29) is 12.4 Å². The standard InChI is InChI=1S/C24H20O6/c25-21(19-10-11-22-23(14-19)28-13-12-27-22)16-30-24(26)18-8-6-17(7-9-18)15-29-20-4-2-1-3-5-20/h1-11,14H,12-13,15-16H2. The van der Waals surface area contributed by atoms with Crippen molar-refractivity contribution in [2.24, 2.45) is 0 Å². The Labute approximate surface area is 174 Å². The van der Waals surface area contributed by atoms with Gasteiger partial charge in [0.2, 0.25) is 0 Å². The van der Waals surface area contributed by atoms with Crippen molar-refractivity contribution in [2.45, 2.75) is 6.61 Å². The molecule has 3 aromatic carbocycles. The van der Waals surface area contributed by atoms with Crippen LogP contribution in [0.25, 0.3) is 0 Å². The Hall–Kier alpha value is -3.80. The maximum Gasteiger partial charge on any atom is 0.338 e. The van der Waals surface area contributed by atoms with Gasteiger partial charge in [-0.05, 0) is 48.0 Å². The van der Waals surface area contributed by atoms with Crippen LogP contribution in [0.5, 0.6) is 17.2 Å². The van der Waals surface area contributed by atoms with Crippen LogP contribution in [-0.2, 0) is 11.3 Å². The van der Waals surface area contributed by atoms with Crippen LogP contribution in [0.2, 0.25) is 0 Å². The van der Waals surface area contributed by atoms with Gasteiger partial charge in [-0.25, -0.2) is 4.79 Å². The van der Waals surface area contributed by atoms with Crippen molar-refractivity contribution < 1.29 is 28.5 Å². The SMILES string of the molecule is O=C(COC(=O)c1ccc(COc2ccccc2)cc1)c1ccc2c(c1)OCCO2. The number of para-hydroxylation sites is 1. The molecular weight excluding hydrogens is 384 g/mol. The van der Waals surface area contributed by atoms with Crippen LogP contribution in [0.15, 0.2) is 72.8 Å². The van der Waals surface area contributed by atoms with E-state index < -0.39 is 5.97 Å². The average Bonchev–Trinajstić information content (AvgIpc) is 2.81. The van der Waals surface area contributed by atoms with E-state index in [1.54, 1.807) is 42.5 Å². The lowest BCUT2D eigenvalue weighted by atomic mass is 10.1. The molecule has 0 aliphatic carbocycles. The highest BCUT2D eigenvalue weighted by Gasteiger charge is 2.16. The molecule has 0 saturated carbocycles. The molecule has 1 heterocycles. The number of hydrogen-bond donors (Lipinski definition) is 0. The molecule has 0 aromatic heterocycles. The molecule has 0 spiro atoms. The highest BCUT2D eigenvalue weighted by molar-refractivity contribution is 5.99. The number of carbonyl (C=O) groups is 2. The van der Waals surface area contributed by atoms with E-state index in [0.29, 0.717) is 42.4 Å². The van der Waals surface area contributed by atoms with Crippen molar-refractivity contribution in [3.05, 3.63) is 89.5 Å². The van der Waals surface area contributed by atoms with Crippen LogP contribution >= 0.6 is 0 Å². The third-order valence-electron chi connectivity index (χ3n) is 4.54. The lowest BCUT2D eigenvalue weighted by molar-refractivity contribution is 0.0474. The minimum Gasteiger partial charge on any atom is -0.489 e. The molecule has 0 fully saturated rings. The summed E-state index contributed by atoms with van der Waals surface area (Å²) in [4.78, 5) is 24.6. The number of ether oxygens (including phenoxy) is 4. The minimum absolute atomic E-state index is 0.312. The molecule has 0 saturated heterocycles. The van der Waals surface area contributed by atoms with Crippen LogP contribution in [0.4, 0.5) is 0 Å². The Kier molecular flexibility index (Phi) is 5.94. The van der Waals surface area contributed by atoms with Gasteiger partial charge < -0.3 is 18.9 Å². The molecule has 6 nitrogen and oxygen atoms in total. The number of Topliss-reactive ketones (excluding diaryl/α,β-unsaturated/α-hetero) is 1. The molecule has 30 heavy (non-hydrogen) atoms. The third kappa shape index (κ3) is 4.78. The summed E-state index contributed by atoms with van der Waals surface area (Å²) >= 11 is 0. The first-order valence-electron chi connectivity index (χ1n) is 9.56. The summed E-state index contributed by atoms with van der Waals surface area (Å²) in [6, 6.07) is 21.3. The predicted octanol–water partition coefficient (Wildman–Crippen LogP) is 4.08. The molecular formula is C24H20O6. The highest BCUT2D eigenvalue weighted by Crippen LogP contribution is 2.30. The van der Waals surface area contributed by atoms with E-state index in [9.17, 15) is 9.59 Å². The zero-order valence-corrected chi connectivity index (χ0v) is 16.2. The molecule has 1 aliphatic heterocycles. The molecule has 0 bridgehead atoms. The molecule has 0 atom stereocenters. The summed E-state index contributed by atoms with van der Waals surface area (Å²) in [5.74, 6) is 1.03. The number of ketones is 1. The van der Waals surface area contributed by atoms with Gasteiger partial charge in [0.05, 0.1) is 5.56 Å². The van der Waals surface area contributed by atoms with Crippen LogP contribution in [-0.4, -0.2) is 31.6 Å². The Bertz CT molecular complexity index is 1030. The summed E-state index contributed by atoms with van der Waals surface area (Å²) in [7, 11) is 0. The van der Waals surface area contributed by atoms with E-state index in [2.05, 4.69) is 0 Å². The summed E-state index contributed by atoms with van der Waals surface area (Å²) in [5, 5.41) is 0. The van der Waals surface area contributed by atoms with Gasteiger partial charge >= 0.3 is 5.97 Å². The fourth-order valence-electron chi connectivity index (χ4n) is 2.94. The molecule has 4 rings (SSSR count). The van der Waals surface area contributed by atoms with Gasteiger partial charge in [0.25, 0.3) is 0 Å². The number of carbonyl (C=O) groups excluding carboxylic acids is 2. The van der Waals surface area contributed by atoms with Gasteiger partial charge in [-0.15, -0.1) is 0 Å². The van der Waals surface area contributed by atoms with Gasteiger partial charge in [-0.1, -0.05) is 30.3 Å². The Morgan fingerprint density at radius 3 is 2.27 bits per heavy atom. The minimum atomic E-state index is -0.559. The highest BCUT2D eigenvalue weighted by atomic mass is 16.6. The summed E-state index contributed by atoms with van der Waals surface area (Å²) in [5.41, 5.74) is 1.69. The number of hydrogen-bond acceptors (Lipinski definition) is 6. The van der Waals surface area contributed by atoms with Gasteiger partial charge in [0.1, 0.15) is 25.6 Å². The van der Waals surface area contributed by atoms with E-state index in [1.165, 1.54) is 0 Å². The Balaban J connectivity index is 1.30. The first-order valence-corrected chi connectivity index (χ1v) is 9.56. The predicted molar refractivity (Wildman–Crippen MR) is 109 cm³/mol. The van der Waals surface area contributed by atoms with Gasteiger partial charge in [0, 0.05) is 5.56 Å². The van der Waals surface area contributed by atoms with Crippen LogP contribution in [0.1, 0.15) is 26.3 Å². The van der Waals surface area contributed by atoms with Crippen molar-refractivity contribution in [3.63, 3.8) is 0 Å². The third-order valence-corrected chi connectivity index (χ3v) is 4.54. The van der Waals surface area contributed by atoms with E-state index >= 15 is 0 Å². The first kappa shape index (κ1) is 19.5. The number of benzene rings is 3. The largest absolute Gasteiger partial charge is 0.489 e. The maximum absolute atomic E-state index is 12.4. The van der Waals surface area contributed by atoms with Gasteiger partial charge in [-0.2, -0.15) is 0 Å². The smallest absolute Gasteiger partial charge is 0.338 e. The quantitative estimate of drug-likeness (QED) is 0.437. The molecule has 3 aromatic rings. The Morgan fingerprint density at radius 2 is 1.50 bits per heavy atom. The van der Waals surface area contributed by atoms with Crippen molar-refractivity contribution in [1.82, 2.24) is 0 Å². The lowest BCUT2D eigenvalue weighted by Crippen LogP contribution is -2.17.